The molecule has 0 radical (unpaired) electrons. The summed E-state index contributed by atoms with van der Waals surface area (Å²) in [6, 6.07) is 16.3. The average Bonchev–Trinajstić information content (AvgIpc) is 3.12. The summed E-state index contributed by atoms with van der Waals surface area (Å²) in [4.78, 5) is 27.8. The monoisotopic (exact) mass is 379 g/mol. The number of hydrogen-bond acceptors (Lipinski definition) is 4. The van der Waals surface area contributed by atoms with Crippen LogP contribution in [-0.2, 0) is 4.79 Å². The summed E-state index contributed by atoms with van der Waals surface area (Å²) in [6.07, 6.45) is 1.03. The molecule has 6 heteroatoms. The highest BCUT2D eigenvalue weighted by atomic mass is 32.2. The number of amides is 2. The van der Waals surface area contributed by atoms with Crippen LogP contribution >= 0.6 is 11.8 Å². The van der Waals surface area contributed by atoms with Crippen LogP contribution in [0.15, 0.2) is 53.4 Å². The molecule has 27 heavy (non-hydrogen) atoms. The van der Waals surface area contributed by atoms with Crippen LogP contribution in [0.4, 0.5) is 5.69 Å². The second-order valence-electron chi connectivity index (χ2n) is 6.67. The van der Waals surface area contributed by atoms with Gasteiger partial charge in [-0.05, 0) is 42.7 Å². The predicted molar refractivity (Wildman–Crippen MR) is 107 cm³/mol. The van der Waals surface area contributed by atoms with Gasteiger partial charge in [0.25, 0.3) is 5.91 Å². The maximum Gasteiger partial charge on any atom is 0.254 e. The van der Waals surface area contributed by atoms with Crippen molar-refractivity contribution >= 4 is 29.3 Å². The van der Waals surface area contributed by atoms with E-state index in [4.69, 9.17) is 5.26 Å². The lowest BCUT2D eigenvalue weighted by molar-refractivity contribution is -0.113. The second kappa shape index (κ2) is 8.74. The molecule has 1 unspecified atom stereocenters. The average molecular weight is 379 g/mol. The van der Waals surface area contributed by atoms with Gasteiger partial charge >= 0.3 is 0 Å². The fraction of sp³-hybridized carbons (Fsp3) is 0.286. The molecule has 1 saturated heterocycles. The Morgan fingerprint density at radius 1 is 1.26 bits per heavy atom. The Morgan fingerprint density at radius 2 is 2.07 bits per heavy atom. The van der Waals surface area contributed by atoms with Crippen molar-refractivity contribution in [3.05, 3.63) is 59.7 Å². The molecular weight excluding hydrogens is 358 g/mol. The van der Waals surface area contributed by atoms with Gasteiger partial charge in [-0.2, -0.15) is 5.26 Å². The van der Waals surface area contributed by atoms with Gasteiger partial charge in [-0.25, -0.2) is 0 Å². The van der Waals surface area contributed by atoms with Gasteiger partial charge in [0.2, 0.25) is 5.91 Å². The fourth-order valence-corrected chi connectivity index (χ4v) is 3.91. The van der Waals surface area contributed by atoms with Gasteiger partial charge in [0, 0.05) is 23.7 Å². The second-order valence-corrected chi connectivity index (χ2v) is 7.69. The van der Waals surface area contributed by atoms with E-state index in [9.17, 15) is 9.59 Å². The van der Waals surface area contributed by atoms with Gasteiger partial charge in [-0.1, -0.05) is 25.1 Å². The van der Waals surface area contributed by atoms with Crippen LogP contribution in [0, 0.1) is 17.2 Å². The van der Waals surface area contributed by atoms with Crippen molar-refractivity contribution in [2.45, 2.75) is 18.2 Å². The Labute approximate surface area is 163 Å². The number of thioether (sulfide) groups is 1. The third-order valence-electron chi connectivity index (χ3n) is 4.46. The van der Waals surface area contributed by atoms with Crippen molar-refractivity contribution in [3.8, 4) is 6.07 Å². The molecule has 1 aliphatic rings. The van der Waals surface area contributed by atoms with Crippen molar-refractivity contribution in [2.75, 3.05) is 24.2 Å². The third-order valence-corrected chi connectivity index (χ3v) is 5.54. The van der Waals surface area contributed by atoms with E-state index in [2.05, 4.69) is 12.2 Å². The number of likely N-dealkylation sites (tertiary alicyclic amines) is 1. The number of nitrogens with zero attached hydrogens (tertiary/aromatic N) is 2. The number of nitrogens with one attached hydrogen (secondary N) is 1. The first-order valence-corrected chi connectivity index (χ1v) is 9.86. The lowest BCUT2D eigenvalue weighted by Crippen LogP contribution is -2.29. The molecule has 1 heterocycles. The topological polar surface area (TPSA) is 73.2 Å². The first-order chi connectivity index (χ1) is 13.1. The van der Waals surface area contributed by atoms with Crippen molar-refractivity contribution in [3.63, 3.8) is 0 Å². The van der Waals surface area contributed by atoms with Gasteiger partial charge in [-0.3, -0.25) is 9.59 Å². The molecular formula is C21H21N3O2S. The molecule has 1 atom stereocenters. The molecule has 1 aliphatic heterocycles. The molecule has 138 valence electrons. The number of hydrogen-bond donors (Lipinski definition) is 1. The summed E-state index contributed by atoms with van der Waals surface area (Å²) in [6.45, 7) is 3.72. The van der Waals surface area contributed by atoms with Gasteiger partial charge in [0.15, 0.2) is 0 Å². The molecule has 0 bridgehead atoms. The minimum absolute atomic E-state index is 0.0320. The van der Waals surface area contributed by atoms with Crippen LogP contribution in [0.2, 0.25) is 0 Å². The molecule has 0 aromatic heterocycles. The zero-order chi connectivity index (χ0) is 19.2. The van der Waals surface area contributed by atoms with E-state index in [1.165, 1.54) is 11.8 Å². The largest absolute Gasteiger partial charge is 0.338 e. The maximum absolute atomic E-state index is 12.8. The highest BCUT2D eigenvalue weighted by Crippen LogP contribution is 2.26. The molecule has 0 aliphatic carbocycles. The minimum Gasteiger partial charge on any atom is -0.338 e. The van der Waals surface area contributed by atoms with Gasteiger partial charge in [0.05, 0.1) is 22.9 Å². The van der Waals surface area contributed by atoms with Crippen molar-refractivity contribution in [1.29, 1.82) is 5.26 Å². The van der Waals surface area contributed by atoms with E-state index < -0.39 is 0 Å². The quantitative estimate of drug-likeness (QED) is 0.803. The van der Waals surface area contributed by atoms with Crippen molar-refractivity contribution < 1.29 is 9.59 Å². The highest BCUT2D eigenvalue weighted by molar-refractivity contribution is 8.00. The lowest BCUT2D eigenvalue weighted by atomic mass is 10.2. The first kappa shape index (κ1) is 19.0. The lowest BCUT2D eigenvalue weighted by Gasteiger charge is -2.18. The normalized spacial score (nSPS) is 16.0. The summed E-state index contributed by atoms with van der Waals surface area (Å²) < 4.78 is 0. The molecule has 0 saturated carbocycles. The predicted octanol–water partition coefficient (Wildman–Crippen LogP) is 3.77. The highest BCUT2D eigenvalue weighted by Gasteiger charge is 2.25. The summed E-state index contributed by atoms with van der Waals surface area (Å²) in [5.74, 6) is 0.581. The number of rotatable bonds is 5. The van der Waals surface area contributed by atoms with E-state index in [0.29, 0.717) is 22.7 Å². The summed E-state index contributed by atoms with van der Waals surface area (Å²) >= 11 is 1.35. The van der Waals surface area contributed by atoms with Gasteiger partial charge in [0.1, 0.15) is 0 Å². The number of carbonyl (C=O) groups excluding carboxylic acids is 2. The van der Waals surface area contributed by atoms with Crippen LogP contribution in [-0.4, -0.2) is 35.6 Å². The van der Waals surface area contributed by atoms with Crippen LogP contribution in [0.1, 0.15) is 29.3 Å². The van der Waals surface area contributed by atoms with Crippen LogP contribution in [0.5, 0.6) is 0 Å². The fourth-order valence-electron chi connectivity index (χ4n) is 3.07. The summed E-state index contributed by atoms with van der Waals surface area (Å²) in [5, 5.41) is 11.7. The van der Waals surface area contributed by atoms with E-state index in [1.807, 2.05) is 35.2 Å². The molecule has 3 rings (SSSR count). The smallest absolute Gasteiger partial charge is 0.254 e. The maximum atomic E-state index is 12.8. The van der Waals surface area contributed by atoms with E-state index in [-0.39, 0.29) is 17.6 Å². The Kier molecular flexibility index (Phi) is 6.15. The molecule has 2 aromatic rings. The van der Waals surface area contributed by atoms with Crippen molar-refractivity contribution in [1.82, 2.24) is 4.90 Å². The Balaban J connectivity index is 1.63. The van der Waals surface area contributed by atoms with Crippen LogP contribution in [0.25, 0.3) is 0 Å². The van der Waals surface area contributed by atoms with Crippen molar-refractivity contribution in [2.24, 2.45) is 5.92 Å². The zero-order valence-corrected chi connectivity index (χ0v) is 16.0. The third kappa shape index (κ3) is 4.89. The summed E-state index contributed by atoms with van der Waals surface area (Å²) in [5.41, 5.74) is 1.74. The Bertz CT molecular complexity index is 891. The van der Waals surface area contributed by atoms with E-state index in [1.54, 1.807) is 24.3 Å². The molecule has 1 N–H and O–H groups in total. The molecule has 2 amide bonds. The SMILES string of the molecule is CC1CCN(C(=O)c2ccccc2SCC(=O)Nc2cccc(C#N)c2)C1. The molecule has 5 nitrogen and oxygen atoms in total. The van der Waals surface area contributed by atoms with Crippen LogP contribution in [0.3, 0.4) is 0 Å². The molecule has 1 fully saturated rings. The number of anilines is 1. The van der Waals surface area contributed by atoms with Gasteiger partial charge in [-0.15, -0.1) is 11.8 Å². The van der Waals surface area contributed by atoms with E-state index in [0.717, 1.165) is 24.4 Å². The molecule has 0 spiro atoms. The minimum atomic E-state index is -0.174. The van der Waals surface area contributed by atoms with Crippen LogP contribution < -0.4 is 5.32 Å². The number of carbonyl (C=O) groups is 2. The Morgan fingerprint density at radius 3 is 2.81 bits per heavy atom. The number of nitriles is 1. The number of benzene rings is 2. The first-order valence-electron chi connectivity index (χ1n) is 8.88. The van der Waals surface area contributed by atoms with Gasteiger partial charge < -0.3 is 10.2 Å². The van der Waals surface area contributed by atoms with E-state index >= 15 is 0 Å². The Hall–Kier alpha value is -2.78. The molecule has 2 aromatic carbocycles. The standard InChI is InChI=1S/C21H21N3O2S/c1-15-9-10-24(13-15)21(26)18-7-2-3-8-19(18)27-14-20(25)23-17-6-4-5-16(11-17)12-22/h2-8,11,15H,9-10,13-14H2,1H3,(H,23,25). The zero-order valence-electron chi connectivity index (χ0n) is 15.1. The summed E-state index contributed by atoms with van der Waals surface area (Å²) in [7, 11) is 0.